The Labute approximate surface area is 122 Å². The molecule has 1 aromatic heterocycles. The molecule has 3 rings (SSSR count). The fourth-order valence-corrected chi connectivity index (χ4v) is 2.86. The van der Waals surface area contributed by atoms with Crippen molar-refractivity contribution in [1.82, 2.24) is 4.98 Å². The van der Waals surface area contributed by atoms with E-state index in [0.717, 1.165) is 10.8 Å². The van der Waals surface area contributed by atoms with E-state index < -0.39 is 5.97 Å². The third-order valence-electron chi connectivity index (χ3n) is 4.10. The molecule has 5 nitrogen and oxygen atoms in total. The predicted octanol–water partition coefficient (Wildman–Crippen LogP) is 2.14. The molecule has 0 aliphatic carbocycles. The number of carbonyl (C=O) groups is 1. The fraction of sp³-hybridized carbons (Fsp3) is 0.375. The molecule has 2 atom stereocenters. The molecule has 0 saturated carbocycles. The number of carboxylic acid groups (broad SMARTS) is 1. The van der Waals surface area contributed by atoms with Crippen LogP contribution in [0, 0.1) is 5.92 Å². The largest absolute Gasteiger partial charge is 0.477 e. The van der Waals surface area contributed by atoms with Crippen LogP contribution in [0.2, 0.25) is 0 Å². The maximum atomic E-state index is 11.3. The molecule has 0 spiro atoms. The molecule has 2 N–H and O–H groups in total. The van der Waals surface area contributed by atoms with Gasteiger partial charge in [0.1, 0.15) is 5.82 Å². The minimum absolute atomic E-state index is 0.0578. The normalized spacial score (nSPS) is 22.5. The summed E-state index contributed by atoms with van der Waals surface area (Å²) in [5.74, 6) is -0.177. The van der Waals surface area contributed by atoms with Crippen LogP contribution < -0.4 is 4.90 Å². The van der Waals surface area contributed by atoms with E-state index in [0.29, 0.717) is 25.3 Å². The molecule has 2 unspecified atom stereocenters. The van der Waals surface area contributed by atoms with Crippen LogP contribution in [0.1, 0.15) is 23.8 Å². The second kappa shape index (κ2) is 5.33. The first-order valence-electron chi connectivity index (χ1n) is 7.12. The summed E-state index contributed by atoms with van der Waals surface area (Å²) in [4.78, 5) is 17.7. The SMILES string of the molecule is CC1CN(c2nc(C(=O)O)cc3ccccc23)CCC1O. The lowest BCUT2D eigenvalue weighted by molar-refractivity contribution is 0.0690. The topological polar surface area (TPSA) is 73.7 Å². The predicted molar refractivity (Wildman–Crippen MR) is 80.7 cm³/mol. The van der Waals surface area contributed by atoms with Crippen molar-refractivity contribution in [1.29, 1.82) is 0 Å². The number of hydrogen-bond donors (Lipinski definition) is 2. The Kier molecular flexibility index (Phi) is 3.51. The standard InChI is InChI=1S/C16H18N2O3/c1-10-9-18(7-6-14(10)19)15-12-5-3-2-4-11(12)8-13(17-15)16(20)21/h2-5,8,10,14,19H,6-7,9H2,1H3,(H,20,21). The third kappa shape index (κ3) is 2.56. The maximum absolute atomic E-state index is 11.3. The zero-order valence-electron chi connectivity index (χ0n) is 11.9. The van der Waals surface area contributed by atoms with Gasteiger partial charge in [-0.15, -0.1) is 0 Å². The van der Waals surface area contributed by atoms with Crippen molar-refractivity contribution < 1.29 is 15.0 Å². The zero-order chi connectivity index (χ0) is 15.0. The summed E-state index contributed by atoms with van der Waals surface area (Å²) < 4.78 is 0. The Bertz CT molecular complexity index is 686. The lowest BCUT2D eigenvalue weighted by atomic mass is 9.96. The van der Waals surface area contributed by atoms with Crippen LogP contribution in [0.5, 0.6) is 0 Å². The number of hydrogen-bond acceptors (Lipinski definition) is 4. The van der Waals surface area contributed by atoms with Gasteiger partial charge in [0.2, 0.25) is 0 Å². The van der Waals surface area contributed by atoms with E-state index in [9.17, 15) is 15.0 Å². The number of aromatic carboxylic acids is 1. The molecule has 5 heteroatoms. The van der Waals surface area contributed by atoms with Crippen molar-refractivity contribution in [3.8, 4) is 0 Å². The van der Waals surface area contributed by atoms with Crippen LogP contribution in [0.25, 0.3) is 10.8 Å². The van der Waals surface area contributed by atoms with Gasteiger partial charge in [0, 0.05) is 18.5 Å². The molecular formula is C16H18N2O3. The van der Waals surface area contributed by atoms with Gasteiger partial charge in [0.05, 0.1) is 6.10 Å². The minimum Gasteiger partial charge on any atom is -0.477 e. The number of piperidine rings is 1. The number of pyridine rings is 1. The van der Waals surface area contributed by atoms with Crippen molar-refractivity contribution in [2.45, 2.75) is 19.4 Å². The molecule has 1 aromatic carbocycles. The molecule has 2 aromatic rings. The van der Waals surface area contributed by atoms with Gasteiger partial charge >= 0.3 is 5.97 Å². The molecule has 0 radical (unpaired) electrons. The Balaban J connectivity index is 2.10. The number of aromatic nitrogens is 1. The number of anilines is 1. The number of rotatable bonds is 2. The second-order valence-electron chi connectivity index (χ2n) is 5.64. The highest BCUT2D eigenvalue weighted by molar-refractivity contribution is 5.98. The van der Waals surface area contributed by atoms with Crippen LogP contribution in [-0.2, 0) is 0 Å². The molecule has 21 heavy (non-hydrogen) atoms. The van der Waals surface area contributed by atoms with Gasteiger partial charge in [-0.05, 0) is 23.8 Å². The van der Waals surface area contributed by atoms with Crippen LogP contribution in [-0.4, -0.2) is 40.4 Å². The number of aliphatic hydroxyl groups excluding tert-OH is 1. The summed E-state index contributed by atoms with van der Waals surface area (Å²) in [5.41, 5.74) is 0.0578. The zero-order valence-corrected chi connectivity index (χ0v) is 11.9. The van der Waals surface area contributed by atoms with Gasteiger partial charge in [-0.1, -0.05) is 31.2 Å². The van der Waals surface area contributed by atoms with Gasteiger partial charge in [0.15, 0.2) is 5.69 Å². The smallest absolute Gasteiger partial charge is 0.354 e. The third-order valence-corrected chi connectivity index (χ3v) is 4.10. The Hall–Kier alpha value is -2.14. The molecule has 2 heterocycles. The van der Waals surface area contributed by atoms with E-state index in [1.54, 1.807) is 6.07 Å². The monoisotopic (exact) mass is 286 g/mol. The number of benzene rings is 1. The van der Waals surface area contributed by atoms with E-state index >= 15 is 0 Å². The lowest BCUT2D eigenvalue weighted by Gasteiger charge is -2.35. The quantitative estimate of drug-likeness (QED) is 0.885. The first-order valence-corrected chi connectivity index (χ1v) is 7.12. The van der Waals surface area contributed by atoms with Gasteiger partial charge in [-0.2, -0.15) is 0 Å². The summed E-state index contributed by atoms with van der Waals surface area (Å²) in [5, 5.41) is 20.9. The number of aliphatic hydroxyl groups is 1. The van der Waals surface area contributed by atoms with E-state index in [2.05, 4.69) is 9.88 Å². The van der Waals surface area contributed by atoms with Crippen molar-refractivity contribution >= 4 is 22.6 Å². The Morgan fingerprint density at radius 1 is 1.38 bits per heavy atom. The Morgan fingerprint density at radius 2 is 2.14 bits per heavy atom. The number of nitrogens with zero attached hydrogens (tertiary/aromatic N) is 2. The molecule has 1 saturated heterocycles. The summed E-state index contributed by atoms with van der Waals surface area (Å²) >= 11 is 0. The van der Waals surface area contributed by atoms with Crippen molar-refractivity contribution in [3.63, 3.8) is 0 Å². The summed E-state index contributed by atoms with van der Waals surface area (Å²) in [6.07, 6.45) is 0.379. The average molecular weight is 286 g/mol. The van der Waals surface area contributed by atoms with Crippen molar-refractivity contribution in [2.75, 3.05) is 18.0 Å². The fourth-order valence-electron chi connectivity index (χ4n) is 2.86. The van der Waals surface area contributed by atoms with Crippen LogP contribution >= 0.6 is 0 Å². The molecule has 0 bridgehead atoms. The molecule has 1 aliphatic heterocycles. The highest BCUT2D eigenvalue weighted by Crippen LogP contribution is 2.29. The maximum Gasteiger partial charge on any atom is 0.354 e. The summed E-state index contributed by atoms with van der Waals surface area (Å²) in [7, 11) is 0. The van der Waals surface area contributed by atoms with E-state index in [1.165, 1.54) is 0 Å². The van der Waals surface area contributed by atoms with Gasteiger partial charge in [-0.3, -0.25) is 0 Å². The van der Waals surface area contributed by atoms with E-state index in [-0.39, 0.29) is 17.7 Å². The molecule has 110 valence electrons. The van der Waals surface area contributed by atoms with Gasteiger partial charge < -0.3 is 15.1 Å². The van der Waals surface area contributed by atoms with E-state index in [4.69, 9.17) is 0 Å². The van der Waals surface area contributed by atoms with Crippen LogP contribution in [0.4, 0.5) is 5.82 Å². The highest BCUT2D eigenvalue weighted by atomic mass is 16.4. The second-order valence-corrected chi connectivity index (χ2v) is 5.64. The highest BCUT2D eigenvalue weighted by Gasteiger charge is 2.26. The van der Waals surface area contributed by atoms with Gasteiger partial charge in [0.25, 0.3) is 0 Å². The summed E-state index contributed by atoms with van der Waals surface area (Å²) in [6.45, 7) is 3.37. The summed E-state index contributed by atoms with van der Waals surface area (Å²) in [6, 6.07) is 9.27. The number of fused-ring (bicyclic) bond motifs is 1. The molecular weight excluding hydrogens is 268 g/mol. The van der Waals surface area contributed by atoms with Crippen LogP contribution in [0.3, 0.4) is 0 Å². The van der Waals surface area contributed by atoms with Crippen molar-refractivity contribution in [2.24, 2.45) is 5.92 Å². The van der Waals surface area contributed by atoms with Gasteiger partial charge in [-0.25, -0.2) is 9.78 Å². The Morgan fingerprint density at radius 3 is 2.86 bits per heavy atom. The molecule has 1 aliphatic rings. The minimum atomic E-state index is -1.02. The number of carboxylic acids is 1. The molecule has 1 fully saturated rings. The molecule has 0 amide bonds. The average Bonchev–Trinajstić information content (AvgIpc) is 2.49. The van der Waals surface area contributed by atoms with E-state index in [1.807, 2.05) is 31.2 Å². The van der Waals surface area contributed by atoms with Crippen molar-refractivity contribution in [3.05, 3.63) is 36.0 Å². The van der Waals surface area contributed by atoms with Crippen LogP contribution in [0.15, 0.2) is 30.3 Å². The first-order chi connectivity index (χ1) is 10.1. The lowest BCUT2D eigenvalue weighted by Crippen LogP contribution is -2.42. The first kappa shape index (κ1) is 13.8.